The molecule has 0 amide bonds. The lowest BCUT2D eigenvalue weighted by Gasteiger charge is -2.25. The lowest BCUT2D eigenvalue weighted by molar-refractivity contribution is 0.110. The molecular weight excluding hydrogens is 164 g/mol. The first kappa shape index (κ1) is 12.6. The van der Waals surface area contributed by atoms with Crippen molar-refractivity contribution in [3.05, 3.63) is 12.2 Å². The Bertz CT molecular complexity index is 137. The number of methoxy groups -OCH3 is 1. The Hall–Kier alpha value is -0.380. The number of rotatable bonds is 7. The first-order chi connectivity index (χ1) is 6.26. The lowest BCUT2D eigenvalue weighted by Crippen LogP contribution is -2.36. The van der Waals surface area contributed by atoms with Crippen molar-refractivity contribution < 1.29 is 4.74 Å². The standard InChI is InChI=1S/C10H22N2O/c1-4-12(8-6-5-7-11)10(2)9-13-3/h5-6,10H,4,7-9,11H2,1-3H3. The van der Waals surface area contributed by atoms with Gasteiger partial charge in [0.15, 0.2) is 0 Å². The summed E-state index contributed by atoms with van der Waals surface area (Å²) in [4.78, 5) is 2.34. The van der Waals surface area contributed by atoms with Crippen LogP contribution < -0.4 is 5.73 Å². The van der Waals surface area contributed by atoms with E-state index >= 15 is 0 Å². The van der Waals surface area contributed by atoms with Crippen molar-refractivity contribution >= 4 is 0 Å². The van der Waals surface area contributed by atoms with E-state index in [9.17, 15) is 0 Å². The van der Waals surface area contributed by atoms with Gasteiger partial charge in [-0.25, -0.2) is 0 Å². The summed E-state index contributed by atoms with van der Waals surface area (Å²) in [6, 6.07) is 0.470. The summed E-state index contributed by atoms with van der Waals surface area (Å²) in [5.74, 6) is 0. The maximum Gasteiger partial charge on any atom is 0.0615 e. The normalized spacial score (nSPS) is 14.2. The van der Waals surface area contributed by atoms with Crippen LogP contribution >= 0.6 is 0 Å². The van der Waals surface area contributed by atoms with E-state index in [0.29, 0.717) is 12.6 Å². The summed E-state index contributed by atoms with van der Waals surface area (Å²) in [5.41, 5.74) is 5.36. The van der Waals surface area contributed by atoms with E-state index in [2.05, 4.69) is 24.8 Å². The zero-order valence-electron chi connectivity index (χ0n) is 8.99. The largest absolute Gasteiger partial charge is 0.383 e. The molecule has 0 aliphatic heterocycles. The van der Waals surface area contributed by atoms with Crippen molar-refractivity contribution in [1.82, 2.24) is 4.90 Å². The molecule has 0 saturated heterocycles. The van der Waals surface area contributed by atoms with Crippen molar-refractivity contribution in [3.8, 4) is 0 Å². The topological polar surface area (TPSA) is 38.5 Å². The van der Waals surface area contributed by atoms with Crippen molar-refractivity contribution in [1.29, 1.82) is 0 Å². The molecule has 3 nitrogen and oxygen atoms in total. The van der Waals surface area contributed by atoms with Gasteiger partial charge >= 0.3 is 0 Å². The third-order valence-corrected chi connectivity index (χ3v) is 2.08. The van der Waals surface area contributed by atoms with Gasteiger partial charge in [0, 0.05) is 26.2 Å². The lowest BCUT2D eigenvalue weighted by atomic mass is 10.3. The van der Waals surface area contributed by atoms with Crippen LogP contribution in [-0.2, 0) is 4.74 Å². The highest BCUT2D eigenvalue weighted by Crippen LogP contribution is 1.98. The van der Waals surface area contributed by atoms with Gasteiger partial charge in [0.2, 0.25) is 0 Å². The zero-order valence-corrected chi connectivity index (χ0v) is 8.99. The van der Waals surface area contributed by atoms with Crippen LogP contribution in [0.1, 0.15) is 13.8 Å². The van der Waals surface area contributed by atoms with Crippen molar-refractivity contribution in [2.24, 2.45) is 5.73 Å². The minimum atomic E-state index is 0.470. The SMILES string of the molecule is CCN(CC=CCN)C(C)COC. The average Bonchev–Trinajstić information content (AvgIpc) is 2.13. The van der Waals surface area contributed by atoms with E-state index in [1.165, 1.54) is 0 Å². The molecular formula is C10H22N2O. The highest BCUT2D eigenvalue weighted by molar-refractivity contribution is 4.86. The Morgan fingerprint density at radius 1 is 1.46 bits per heavy atom. The summed E-state index contributed by atoms with van der Waals surface area (Å²) in [5, 5.41) is 0. The average molecular weight is 186 g/mol. The summed E-state index contributed by atoms with van der Waals surface area (Å²) >= 11 is 0. The van der Waals surface area contributed by atoms with Gasteiger partial charge in [-0.15, -0.1) is 0 Å². The van der Waals surface area contributed by atoms with Crippen molar-refractivity contribution in [2.75, 3.05) is 33.4 Å². The minimum Gasteiger partial charge on any atom is -0.383 e. The fraction of sp³-hybridized carbons (Fsp3) is 0.800. The van der Waals surface area contributed by atoms with E-state index in [1.807, 2.05) is 6.08 Å². The van der Waals surface area contributed by atoms with Gasteiger partial charge in [0.1, 0.15) is 0 Å². The molecule has 0 fully saturated rings. The summed E-state index contributed by atoms with van der Waals surface area (Å²) in [6.07, 6.45) is 4.10. The molecule has 0 aromatic rings. The molecule has 0 radical (unpaired) electrons. The first-order valence-corrected chi connectivity index (χ1v) is 4.84. The molecule has 1 unspecified atom stereocenters. The Kier molecular flexibility index (Phi) is 7.99. The molecule has 0 saturated carbocycles. The van der Waals surface area contributed by atoms with Crippen LogP contribution in [0.15, 0.2) is 12.2 Å². The molecule has 0 rings (SSSR count). The number of nitrogens with zero attached hydrogens (tertiary/aromatic N) is 1. The molecule has 0 aliphatic carbocycles. The predicted molar refractivity (Wildman–Crippen MR) is 56.8 cm³/mol. The van der Waals surface area contributed by atoms with Crippen LogP contribution in [-0.4, -0.2) is 44.3 Å². The third-order valence-electron chi connectivity index (χ3n) is 2.08. The minimum absolute atomic E-state index is 0.470. The van der Waals surface area contributed by atoms with E-state index in [1.54, 1.807) is 7.11 Å². The molecule has 0 bridgehead atoms. The molecule has 0 aromatic heterocycles. The molecule has 0 spiro atoms. The van der Waals surface area contributed by atoms with Gasteiger partial charge < -0.3 is 10.5 Å². The monoisotopic (exact) mass is 186 g/mol. The molecule has 0 aromatic carbocycles. The van der Waals surface area contributed by atoms with E-state index in [-0.39, 0.29) is 0 Å². The van der Waals surface area contributed by atoms with E-state index in [0.717, 1.165) is 19.7 Å². The van der Waals surface area contributed by atoms with Crippen molar-refractivity contribution in [2.45, 2.75) is 19.9 Å². The molecule has 78 valence electrons. The molecule has 1 atom stereocenters. The van der Waals surface area contributed by atoms with Gasteiger partial charge in [0.05, 0.1) is 6.61 Å². The highest BCUT2D eigenvalue weighted by Gasteiger charge is 2.08. The van der Waals surface area contributed by atoms with Gasteiger partial charge in [-0.1, -0.05) is 19.1 Å². The molecule has 2 N–H and O–H groups in total. The predicted octanol–water partition coefficient (Wildman–Crippen LogP) is 0.858. The van der Waals surface area contributed by atoms with Crippen LogP contribution in [0.3, 0.4) is 0 Å². The Labute approximate surface area is 81.5 Å². The summed E-state index contributed by atoms with van der Waals surface area (Å²) in [6.45, 7) is 7.73. The Balaban J connectivity index is 3.79. The fourth-order valence-corrected chi connectivity index (χ4v) is 1.27. The summed E-state index contributed by atoms with van der Waals surface area (Å²) < 4.78 is 5.10. The molecule has 3 heteroatoms. The quantitative estimate of drug-likeness (QED) is 0.599. The maximum atomic E-state index is 5.36. The number of hydrogen-bond donors (Lipinski definition) is 1. The van der Waals surface area contributed by atoms with Crippen molar-refractivity contribution in [3.63, 3.8) is 0 Å². The van der Waals surface area contributed by atoms with Crippen LogP contribution in [0.5, 0.6) is 0 Å². The van der Waals surface area contributed by atoms with Gasteiger partial charge in [-0.05, 0) is 13.5 Å². The number of hydrogen-bond acceptors (Lipinski definition) is 3. The summed E-state index contributed by atoms with van der Waals surface area (Å²) in [7, 11) is 1.74. The van der Waals surface area contributed by atoms with Gasteiger partial charge in [0.25, 0.3) is 0 Å². The van der Waals surface area contributed by atoms with Crippen LogP contribution in [0, 0.1) is 0 Å². The fourth-order valence-electron chi connectivity index (χ4n) is 1.27. The number of nitrogens with two attached hydrogens (primary N) is 1. The maximum absolute atomic E-state index is 5.36. The highest BCUT2D eigenvalue weighted by atomic mass is 16.5. The second-order valence-electron chi connectivity index (χ2n) is 3.10. The van der Waals surface area contributed by atoms with E-state index in [4.69, 9.17) is 10.5 Å². The van der Waals surface area contributed by atoms with Gasteiger partial charge in [-0.2, -0.15) is 0 Å². The van der Waals surface area contributed by atoms with Crippen LogP contribution in [0.4, 0.5) is 0 Å². The zero-order chi connectivity index (χ0) is 10.1. The number of likely N-dealkylation sites (N-methyl/N-ethyl adjacent to an activating group) is 1. The molecule has 0 heterocycles. The van der Waals surface area contributed by atoms with Crippen LogP contribution in [0.25, 0.3) is 0 Å². The molecule has 13 heavy (non-hydrogen) atoms. The Morgan fingerprint density at radius 3 is 2.62 bits per heavy atom. The van der Waals surface area contributed by atoms with Crippen LogP contribution in [0.2, 0.25) is 0 Å². The van der Waals surface area contributed by atoms with Gasteiger partial charge in [-0.3, -0.25) is 4.90 Å². The smallest absolute Gasteiger partial charge is 0.0615 e. The second-order valence-corrected chi connectivity index (χ2v) is 3.10. The third kappa shape index (κ3) is 5.80. The first-order valence-electron chi connectivity index (χ1n) is 4.84. The number of ether oxygens (including phenoxy) is 1. The van der Waals surface area contributed by atoms with E-state index < -0.39 is 0 Å². The second kappa shape index (κ2) is 8.23. The Morgan fingerprint density at radius 2 is 2.15 bits per heavy atom. The molecule has 0 aliphatic rings.